The van der Waals surface area contributed by atoms with E-state index in [1.165, 1.54) is 12.5 Å². The number of hydrogen-bond donors (Lipinski definition) is 1. The molecule has 1 atom stereocenters. The second-order valence-electron chi connectivity index (χ2n) is 9.93. The third-order valence-electron chi connectivity index (χ3n) is 7.07. The molecule has 1 aliphatic rings. The van der Waals surface area contributed by atoms with Crippen LogP contribution in [0.2, 0.25) is 0 Å². The molecule has 0 spiro atoms. The molecule has 0 bridgehead atoms. The van der Waals surface area contributed by atoms with Gasteiger partial charge in [0.2, 0.25) is 11.8 Å². The predicted molar refractivity (Wildman–Crippen MR) is 147 cm³/mol. The summed E-state index contributed by atoms with van der Waals surface area (Å²) in [5.74, 6) is -0.00328. The van der Waals surface area contributed by atoms with Gasteiger partial charge in [0.25, 0.3) is 0 Å². The van der Waals surface area contributed by atoms with Gasteiger partial charge >= 0.3 is 0 Å². The summed E-state index contributed by atoms with van der Waals surface area (Å²) in [6.07, 6.45) is 6.31. The molecule has 2 amide bonds. The van der Waals surface area contributed by atoms with E-state index in [1.54, 1.807) is 23.1 Å². The van der Waals surface area contributed by atoms with Gasteiger partial charge in [-0.05, 0) is 43.0 Å². The second-order valence-corrected chi connectivity index (χ2v) is 9.93. The fourth-order valence-electron chi connectivity index (χ4n) is 4.98. The molecule has 0 aromatic heterocycles. The highest BCUT2D eigenvalue weighted by Gasteiger charge is 2.32. The molecular weight excluding hydrogens is 479 g/mol. The lowest BCUT2D eigenvalue weighted by Crippen LogP contribution is -2.53. The first kappa shape index (κ1) is 27.4. The van der Waals surface area contributed by atoms with Gasteiger partial charge in [-0.3, -0.25) is 9.59 Å². The minimum Gasteiger partial charge on any atom is -0.494 e. The Hall–Kier alpha value is -3.67. The van der Waals surface area contributed by atoms with Crippen molar-refractivity contribution in [2.24, 2.45) is 0 Å². The highest BCUT2D eigenvalue weighted by Crippen LogP contribution is 2.21. The number of ether oxygens (including phenoxy) is 1. The Balaban J connectivity index is 1.53. The van der Waals surface area contributed by atoms with Gasteiger partial charge in [-0.25, -0.2) is 4.39 Å². The summed E-state index contributed by atoms with van der Waals surface area (Å²) in [5, 5.41) is 3.21. The Kier molecular flexibility index (Phi) is 10.3. The molecule has 1 N–H and O–H groups in total. The van der Waals surface area contributed by atoms with Crippen LogP contribution in [0.25, 0.3) is 0 Å². The SMILES string of the molecule is O=C(NC1CCCCC1)[C@@H](Cc1ccccc1)N(Cc1ccccc1F)C(=O)CCCOc1ccccc1. The summed E-state index contributed by atoms with van der Waals surface area (Å²) in [6, 6.07) is 25.0. The molecule has 0 saturated heterocycles. The van der Waals surface area contributed by atoms with Crippen molar-refractivity contribution in [3.05, 3.63) is 102 Å². The van der Waals surface area contributed by atoms with Gasteiger partial charge in [-0.15, -0.1) is 0 Å². The number of nitrogens with zero attached hydrogens (tertiary/aromatic N) is 1. The Bertz CT molecular complexity index is 1150. The zero-order valence-corrected chi connectivity index (χ0v) is 21.9. The van der Waals surface area contributed by atoms with E-state index in [0.29, 0.717) is 25.0 Å². The molecule has 38 heavy (non-hydrogen) atoms. The zero-order valence-electron chi connectivity index (χ0n) is 21.9. The highest BCUT2D eigenvalue weighted by molar-refractivity contribution is 5.88. The molecule has 0 aliphatic heterocycles. The molecule has 0 heterocycles. The molecule has 3 aromatic rings. The number of carbonyl (C=O) groups is 2. The van der Waals surface area contributed by atoms with Gasteiger partial charge < -0.3 is 15.0 Å². The minimum absolute atomic E-state index is 0.0284. The van der Waals surface area contributed by atoms with Crippen LogP contribution >= 0.6 is 0 Å². The third kappa shape index (κ3) is 8.17. The number of para-hydroxylation sites is 1. The smallest absolute Gasteiger partial charge is 0.243 e. The van der Waals surface area contributed by atoms with Gasteiger partial charge in [0, 0.05) is 31.0 Å². The average Bonchev–Trinajstić information content (AvgIpc) is 2.95. The molecule has 1 fully saturated rings. The molecule has 200 valence electrons. The van der Waals surface area contributed by atoms with Crippen LogP contribution in [0.5, 0.6) is 5.75 Å². The van der Waals surface area contributed by atoms with Gasteiger partial charge in [0.1, 0.15) is 17.6 Å². The van der Waals surface area contributed by atoms with Crippen LogP contribution < -0.4 is 10.1 Å². The Morgan fingerprint density at radius 3 is 2.26 bits per heavy atom. The molecule has 1 aliphatic carbocycles. The minimum atomic E-state index is -0.749. The van der Waals surface area contributed by atoms with E-state index in [1.807, 2.05) is 60.7 Å². The molecule has 4 rings (SSSR count). The molecule has 3 aromatic carbocycles. The molecule has 0 radical (unpaired) electrons. The molecule has 5 nitrogen and oxygen atoms in total. The van der Waals surface area contributed by atoms with Crippen LogP contribution in [0, 0.1) is 5.82 Å². The summed E-state index contributed by atoms with van der Waals surface area (Å²) >= 11 is 0. The first-order chi connectivity index (χ1) is 18.6. The van der Waals surface area contributed by atoms with Gasteiger partial charge in [-0.2, -0.15) is 0 Å². The van der Waals surface area contributed by atoms with Crippen molar-refractivity contribution in [3.63, 3.8) is 0 Å². The summed E-state index contributed by atoms with van der Waals surface area (Å²) in [4.78, 5) is 29.0. The van der Waals surface area contributed by atoms with E-state index in [4.69, 9.17) is 4.74 Å². The van der Waals surface area contributed by atoms with Crippen LogP contribution in [0.15, 0.2) is 84.9 Å². The number of nitrogens with one attached hydrogen (secondary N) is 1. The number of carbonyl (C=O) groups excluding carboxylic acids is 2. The fourth-order valence-corrected chi connectivity index (χ4v) is 4.98. The van der Waals surface area contributed by atoms with E-state index < -0.39 is 6.04 Å². The summed E-state index contributed by atoms with van der Waals surface area (Å²) in [6.45, 7) is 0.404. The molecule has 1 saturated carbocycles. The first-order valence-corrected chi connectivity index (χ1v) is 13.6. The number of halogens is 1. The van der Waals surface area contributed by atoms with Crippen LogP contribution in [-0.4, -0.2) is 35.4 Å². The summed E-state index contributed by atoms with van der Waals surface area (Å²) in [7, 11) is 0. The second kappa shape index (κ2) is 14.3. The van der Waals surface area contributed by atoms with Gasteiger partial charge in [0.05, 0.1) is 6.61 Å². The van der Waals surface area contributed by atoms with Crippen molar-refractivity contribution in [2.75, 3.05) is 6.61 Å². The van der Waals surface area contributed by atoms with E-state index in [9.17, 15) is 14.0 Å². The summed E-state index contributed by atoms with van der Waals surface area (Å²) < 4.78 is 20.5. The van der Waals surface area contributed by atoms with Crippen LogP contribution in [-0.2, 0) is 22.6 Å². The standard InChI is InChI=1S/C32H37FN2O3/c33-29-20-11-10-15-26(29)24-35(31(36)21-12-22-38-28-18-8-3-9-19-28)30(23-25-13-4-1-5-14-25)32(37)34-27-16-6-2-7-17-27/h1,3-5,8-11,13-15,18-20,27,30H,2,6-7,12,16-17,21-24H2,(H,34,37)/t30-/m1/s1. The number of hydrogen-bond acceptors (Lipinski definition) is 3. The number of rotatable bonds is 12. The van der Waals surface area contributed by atoms with Crippen molar-refractivity contribution in [1.29, 1.82) is 0 Å². The molecule has 0 unspecified atom stereocenters. The Labute approximate surface area is 225 Å². The largest absolute Gasteiger partial charge is 0.494 e. The fraction of sp³-hybridized carbons (Fsp3) is 0.375. The lowest BCUT2D eigenvalue weighted by molar-refractivity contribution is -0.141. The molecular formula is C32H37FN2O3. The summed E-state index contributed by atoms with van der Waals surface area (Å²) in [5.41, 5.74) is 1.35. The zero-order chi connectivity index (χ0) is 26.6. The van der Waals surface area contributed by atoms with Crippen molar-refractivity contribution in [3.8, 4) is 5.75 Å². The first-order valence-electron chi connectivity index (χ1n) is 13.6. The third-order valence-corrected chi connectivity index (χ3v) is 7.07. The van der Waals surface area contributed by atoms with Crippen LogP contribution in [0.1, 0.15) is 56.1 Å². The highest BCUT2D eigenvalue weighted by atomic mass is 19.1. The monoisotopic (exact) mass is 516 g/mol. The van der Waals surface area contributed by atoms with Crippen molar-refractivity contribution < 1.29 is 18.7 Å². The van der Waals surface area contributed by atoms with Crippen LogP contribution in [0.4, 0.5) is 4.39 Å². The maximum atomic E-state index is 14.7. The maximum Gasteiger partial charge on any atom is 0.243 e. The van der Waals surface area contributed by atoms with E-state index in [0.717, 1.165) is 37.0 Å². The van der Waals surface area contributed by atoms with Crippen molar-refractivity contribution >= 4 is 11.8 Å². The van der Waals surface area contributed by atoms with Gasteiger partial charge in [0.15, 0.2) is 0 Å². The topological polar surface area (TPSA) is 58.6 Å². The van der Waals surface area contributed by atoms with Gasteiger partial charge in [-0.1, -0.05) is 86.0 Å². The molecule has 6 heteroatoms. The Morgan fingerprint density at radius 2 is 1.55 bits per heavy atom. The number of amides is 2. The van der Waals surface area contributed by atoms with Crippen molar-refractivity contribution in [2.45, 2.75) is 70.0 Å². The van der Waals surface area contributed by atoms with E-state index in [2.05, 4.69) is 5.32 Å². The normalized spacial score (nSPS) is 14.4. The number of benzene rings is 3. The van der Waals surface area contributed by atoms with Crippen molar-refractivity contribution in [1.82, 2.24) is 10.2 Å². The van der Waals surface area contributed by atoms with E-state index in [-0.39, 0.29) is 36.6 Å². The predicted octanol–water partition coefficient (Wildman–Crippen LogP) is 6.07. The maximum absolute atomic E-state index is 14.7. The van der Waals surface area contributed by atoms with Crippen LogP contribution in [0.3, 0.4) is 0 Å². The van der Waals surface area contributed by atoms with E-state index >= 15 is 0 Å². The Morgan fingerprint density at radius 1 is 0.895 bits per heavy atom. The lowest BCUT2D eigenvalue weighted by atomic mass is 9.94. The quantitative estimate of drug-likeness (QED) is 0.297. The lowest BCUT2D eigenvalue weighted by Gasteiger charge is -2.33. The average molecular weight is 517 g/mol.